The maximum Gasteiger partial charge on any atom is -0.0258 e. The van der Waals surface area contributed by atoms with Crippen LogP contribution in [-0.2, 0) is 0 Å². The molecule has 0 aliphatic heterocycles. The fourth-order valence-electron chi connectivity index (χ4n) is 0.678. The van der Waals surface area contributed by atoms with E-state index in [9.17, 15) is 0 Å². The Bertz CT molecular complexity index is 41.7. The molecule has 0 aromatic rings. The van der Waals surface area contributed by atoms with Crippen LogP contribution in [-0.4, -0.2) is 18.3 Å². The summed E-state index contributed by atoms with van der Waals surface area (Å²) in [7, 11) is 0.388. The van der Waals surface area contributed by atoms with Crippen LogP contribution in [0.15, 0.2) is 0 Å². The third kappa shape index (κ3) is 6.35. The molecule has 0 atom stereocenters. The van der Waals surface area contributed by atoms with Crippen molar-refractivity contribution in [2.75, 3.05) is 18.3 Å². The van der Waals surface area contributed by atoms with E-state index in [1.165, 1.54) is 25.0 Å². The second kappa shape index (κ2) is 5.49. The Kier molecular flexibility index (Phi) is 5.73. The minimum absolute atomic E-state index is 0.388. The first kappa shape index (κ1) is 8.35. The first-order chi connectivity index (χ1) is 3.77. The summed E-state index contributed by atoms with van der Waals surface area (Å²) in [5, 5.41) is 0. The summed E-state index contributed by atoms with van der Waals surface area (Å²) in [6, 6.07) is 0. The second-order valence-electron chi connectivity index (χ2n) is 2.51. The van der Waals surface area contributed by atoms with E-state index in [2.05, 4.69) is 19.4 Å². The molecule has 0 unspecified atom stereocenters. The van der Waals surface area contributed by atoms with E-state index in [-0.39, 0.29) is 0 Å². The highest BCUT2D eigenvalue weighted by atomic mass is 32.2. The summed E-state index contributed by atoms with van der Waals surface area (Å²) >= 11 is 0. The van der Waals surface area contributed by atoms with Gasteiger partial charge in [0.05, 0.1) is 0 Å². The van der Waals surface area contributed by atoms with Crippen LogP contribution in [0.4, 0.5) is 0 Å². The monoisotopic (exact) mass is 134 g/mol. The van der Waals surface area contributed by atoms with Gasteiger partial charge in [-0.2, -0.15) is 0 Å². The van der Waals surface area contributed by atoms with E-state index in [1.807, 2.05) is 0 Å². The largest absolute Gasteiger partial charge is 0.259 e. The molecule has 0 fully saturated rings. The van der Waals surface area contributed by atoms with Crippen molar-refractivity contribution >= 4 is 10.9 Å². The Morgan fingerprint density at radius 3 is 2.12 bits per heavy atom. The van der Waals surface area contributed by atoms with Gasteiger partial charge in [-0.3, -0.25) is 10.9 Å². The van der Waals surface area contributed by atoms with Crippen molar-refractivity contribution < 1.29 is 0 Å². The van der Waals surface area contributed by atoms with Crippen molar-refractivity contribution in [3.05, 3.63) is 0 Å². The fraction of sp³-hybridized carbons (Fsp3) is 1.00. The lowest BCUT2D eigenvalue weighted by atomic mass is 10.3. The van der Waals surface area contributed by atoms with E-state index in [0.29, 0.717) is 10.9 Å². The van der Waals surface area contributed by atoms with Gasteiger partial charge in [-0.05, 0) is 24.7 Å². The summed E-state index contributed by atoms with van der Waals surface area (Å²) in [6.45, 7) is 2.26. The molecule has 0 radical (unpaired) electrons. The molecule has 0 aliphatic carbocycles. The Morgan fingerprint density at radius 1 is 1.12 bits per heavy atom. The Hall–Kier alpha value is 0.350. The number of unbranched alkanes of at least 4 members (excludes halogenated alkanes) is 2. The molecule has 1 heteroatoms. The van der Waals surface area contributed by atoms with Gasteiger partial charge in [0.2, 0.25) is 0 Å². The molecular weight excluding hydrogens is 116 g/mol. The summed E-state index contributed by atoms with van der Waals surface area (Å²) in [5.41, 5.74) is 0. The van der Waals surface area contributed by atoms with Crippen LogP contribution in [0.3, 0.4) is 0 Å². The van der Waals surface area contributed by atoms with E-state index >= 15 is 0 Å². The zero-order chi connectivity index (χ0) is 6.41. The molecule has 0 rings (SSSR count). The highest BCUT2D eigenvalue weighted by Crippen LogP contribution is 2.15. The molecule has 0 N–H and O–H groups in total. The van der Waals surface area contributed by atoms with E-state index < -0.39 is 0 Å². The lowest BCUT2D eigenvalue weighted by Gasteiger charge is -2.06. The smallest absolute Gasteiger partial charge is 0.0258 e. The summed E-state index contributed by atoms with van der Waals surface area (Å²) < 4.78 is 0. The molecule has 0 amide bonds. The molecule has 52 valence electrons. The van der Waals surface area contributed by atoms with Crippen LogP contribution in [0.25, 0.3) is 0 Å². The third-order valence-corrected chi connectivity index (χ3v) is 2.42. The molecule has 0 nitrogen and oxygen atoms in total. The van der Waals surface area contributed by atoms with Crippen LogP contribution in [0.2, 0.25) is 0 Å². The van der Waals surface area contributed by atoms with Crippen LogP contribution in [0, 0.1) is 0 Å². The summed E-state index contributed by atoms with van der Waals surface area (Å²) in [6.07, 6.45) is 8.95. The number of hydrogen-bond acceptors (Lipinski definition) is 0. The van der Waals surface area contributed by atoms with Crippen molar-refractivity contribution in [3.8, 4) is 0 Å². The van der Waals surface area contributed by atoms with Crippen molar-refractivity contribution in [1.82, 2.24) is 0 Å². The zero-order valence-electron chi connectivity index (χ0n) is 6.28. The SMILES string of the molecule is CCCCC[SH](C)C. The second-order valence-corrected chi connectivity index (χ2v) is 5.12. The molecule has 0 saturated carbocycles. The topological polar surface area (TPSA) is 0 Å². The van der Waals surface area contributed by atoms with Crippen molar-refractivity contribution in [2.45, 2.75) is 26.2 Å². The third-order valence-electron chi connectivity index (χ3n) is 1.21. The molecular formula is C7H18S. The summed E-state index contributed by atoms with van der Waals surface area (Å²) in [5.74, 6) is 1.48. The van der Waals surface area contributed by atoms with Crippen molar-refractivity contribution in [3.63, 3.8) is 0 Å². The van der Waals surface area contributed by atoms with Crippen LogP contribution in [0.5, 0.6) is 0 Å². The fourth-order valence-corrected chi connectivity index (χ4v) is 1.53. The van der Waals surface area contributed by atoms with Gasteiger partial charge < -0.3 is 0 Å². The van der Waals surface area contributed by atoms with E-state index in [0.717, 1.165) is 0 Å². The van der Waals surface area contributed by atoms with Gasteiger partial charge in [-0.15, -0.1) is 0 Å². The molecule has 0 heterocycles. The minimum Gasteiger partial charge on any atom is -0.259 e. The molecule has 0 saturated heterocycles. The molecule has 0 aromatic heterocycles. The number of rotatable bonds is 4. The highest BCUT2D eigenvalue weighted by molar-refractivity contribution is 8.15. The Morgan fingerprint density at radius 2 is 1.75 bits per heavy atom. The van der Waals surface area contributed by atoms with Crippen LogP contribution >= 0.6 is 10.9 Å². The highest BCUT2D eigenvalue weighted by Gasteiger charge is 1.86. The van der Waals surface area contributed by atoms with Gasteiger partial charge in [-0.1, -0.05) is 19.8 Å². The van der Waals surface area contributed by atoms with Gasteiger partial charge in [0, 0.05) is 0 Å². The summed E-state index contributed by atoms with van der Waals surface area (Å²) in [4.78, 5) is 0. The average Bonchev–Trinajstić information content (AvgIpc) is 1.66. The van der Waals surface area contributed by atoms with E-state index in [4.69, 9.17) is 0 Å². The average molecular weight is 134 g/mol. The van der Waals surface area contributed by atoms with Gasteiger partial charge in [0.15, 0.2) is 0 Å². The number of hydrogen-bond donors (Lipinski definition) is 1. The molecule has 8 heavy (non-hydrogen) atoms. The van der Waals surface area contributed by atoms with Crippen LogP contribution < -0.4 is 0 Å². The maximum atomic E-state index is 2.35. The van der Waals surface area contributed by atoms with E-state index in [1.54, 1.807) is 0 Å². The van der Waals surface area contributed by atoms with Crippen molar-refractivity contribution in [2.24, 2.45) is 0 Å². The van der Waals surface area contributed by atoms with Gasteiger partial charge in [-0.25, -0.2) is 0 Å². The van der Waals surface area contributed by atoms with Gasteiger partial charge >= 0.3 is 0 Å². The first-order valence-electron chi connectivity index (χ1n) is 3.42. The Balaban J connectivity index is 2.72. The lowest BCUT2D eigenvalue weighted by molar-refractivity contribution is 0.778. The molecule has 0 spiro atoms. The predicted octanol–water partition coefficient (Wildman–Crippen LogP) is 2.44. The van der Waals surface area contributed by atoms with Gasteiger partial charge in [0.25, 0.3) is 0 Å². The normalized spacial score (nSPS) is 11.6. The zero-order valence-corrected chi connectivity index (χ0v) is 7.17. The predicted molar refractivity (Wildman–Crippen MR) is 45.2 cm³/mol. The quantitative estimate of drug-likeness (QED) is 0.443. The standard InChI is InChI=1S/C7H18S/c1-4-5-6-7-8(2)3/h8H,4-7H2,1-3H3. The van der Waals surface area contributed by atoms with Crippen molar-refractivity contribution in [1.29, 1.82) is 0 Å². The van der Waals surface area contributed by atoms with Crippen LogP contribution in [0.1, 0.15) is 26.2 Å². The maximum absolute atomic E-state index is 2.35. The van der Waals surface area contributed by atoms with Gasteiger partial charge in [0.1, 0.15) is 0 Å². The number of thiol groups is 1. The lowest BCUT2D eigenvalue weighted by Crippen LogP contribution is -1.83. The molecule has 0 aliphatic rings. The molecule has 0 bridgehead atoms. The molecule has 0 aromatic carbocycles. The Labute approximate surface area is 56.0 Å². The first-order valence-corrected chi connectivity index (χ1v) is 5.84. The minimum atomic E-state index is 0.388.